The van der Waals surface area contributed by atoms with Gasteiger partial charge in [0, 0.05) is 18.0 Å². The van der Waals surface area contributed by atoms with E-state index < -0.39 is 0 Å². The Morgan fingerprint density at radius 1 is 1.44 bits per heavy atom. The second-order valence-corrected chi connectivity index (χ2v) is 5.22. The van der Waals surface area contributed by atoms with Crippen LogP contribution in [0.15, 0.2) is 0 Å². The molecule has 0 spiro atoms. The van der Waals surface area contributed by atoms with E-state index in [9.17, 15) is 4.79 Å². The SMILES string of the molecule is CCC1(C(=O)NCCCC(C)N)CCCC1. The minimum absolute atomic E-state index is 0.0473. The highest BCUT2D eigenvalue weighted by Crippen LogP contribution is 2.40. The standard InChI is InChI=1S/C13H26N2O/c1-3-13(8-4-5-9-13)12(16)15-10-6-7-11(2)14/h11H,3-10,14H2,1-2H3,(H,15,16). The van der Waals surface area contributed by atoms with Crippen LogP contribution in [0.4, 0.5) is 0 Å². The van der Waals surface area contributed by atoms with Gasteiger partial charge in [-0.25, -0.2) is 0 Å². The van der Waals surface area contributed by atoms with E-state index in [1.807, 2.05) is 6.92 Å². The highest BCUT2D eigenvalue weighted by Gasteiger charge is 2.38. The molecular weight excluding hydrogens is 200 g/mol. The van der Waals surface area contributed by atoms with Crippen LogP contribution in [0.2, 0.25) is 0 Å². The molecule has 0 bridgehead atoms. The Labute approximate surface area is 99.2 Å². The molecule has 3 nitrogen and oxygen atoms in total. The molecule has 1 rings (SSSR count). The van der Waals surface area contributed by atoms with Crippen molar-refractivity contribution in [1.29, 1.82) is 0 Å². The summed E-state index contributed by atoms with van der Waals surface area (Å²) in [6, 6.07) is 0.239. The summed E-state index contributed by atoms with van der Waals surface area (Å²) in [5, 5.41) is 3.08. The van der Waals surface area contributed by atoms with E-state index in [1.165, 1.54) is 12.8 Å². The molecule has 0 radical (unpaired) electrons. The molecule has 1 fully saturated rings. The summed E-state index contributed by atoms with van der Waals surface area (Å²) < 4.78 is 0. The molecule has 16 heavy (non-hydrogen) atoms. The molecule has 0 aromatic rings. The summed E-state index contributed by atoms with van der Waals surface area (Å²) in [4.78, 5) is 12.1. The topological polar surface area (TPSA) is 55.1 Å². The zero-order valence-electron chi connectivity index (χ0n) is 10.7. The van der Waals surface area contributed by atoms with Crippen LogP contribution in [0.1, 0.15) is 58.8 Å². The fourth-order valence-electron chi connectivity index (χ4n) is 2.61. The average molecular weight is 226 g/mol. The zero-order valence-corrected chi connectivity index (χ0v) is 10.7. The maximum atomic E-state index is 12.1. The number of amides is 1. The van der Waals surface area contributed by atoms with Crippen molar-refractivity contribution >= 4 is 5.91 Å². The van der Waals surface area contributed by atoms with Gasteiger partial charge in [0.2, 0.25) is 5.91 Å². The summed E-state index contributed by atoms with van der Waals surface area (Å²) in [5.74, 6) is 0.275. The van der Waals surface area contributed by atoms with Gasteiger partial charge >= 0.3 is 0 Å². The van der Waals surface area contributed by atoms with Gasteiger partial charge in [0.15, 0.2) is 0 Å². The Kier molecular flexibility index (Phi) is 5.26. The third-order valence-corrected chi connectivity index (χ3v) is 3.84. The van der Waals surface area contributed by atoms with Crippen molar-refractivity contribution in [3.63, 3.8) is 0 Å². The lowest BCUT2D eigenvalue weighted by Crippen LogP contribution is -2.39. The predicted octanol–water partition coefficient (Wildman–Crippen LogP) is 2.20. The number of hydrogen-bond donors (Lipinski definition) is 2. The first kappa shape index (κ1) is 13.5. The van der Waals surface area contributed by atoms with Crippen LogP contribution in [-0.2, 0) is 4.79 Å². The third-order valence-electron chi connectivity index (χ3n) is 3.84. The highest BCUT2D eigenvalue weighted by molar-refractivity contribution is 5.82. The fraction of sp³-hybridized carbons (Fsp3) is 0.923. The summed E-state index contributed by atoms with van der Waals surface area (Å²) in [5.41, 5.74) is 5.62. The normalized spacial score (nSPS) is 20.7. The molecule has 1 saturated carbocycles. The maximum Gasteiger partial charge on any atom is 0.226 e. The second-order valence-electron chi connectivity index (χ2n) is 5.22. The lowest BCUT2D eigenvalue weighted by atomic mass is 9.82. The van der Waals surface area contributed by atoms with Crippen molar-refractivity contribution in [2.45, 2.75) is 64.8 Å². The molecule has 0 aromatic carbocycles. The molecule has 1 amide bonds. The van der Waals surface area contributed by atoms with Crippen molar-refractivity contribution in [3.05, 3.63) is 0 Å². The fourth-order valence-corrected chi connectivity index (χ4v) is 2.61. The van der Waals surface area contributed by atoms with E-state index in [2.05, 4.69) is 12.2 Å². The Balaban J connectivity index is 2.28. The molecule has 1 atom stereocenters. The number of rotatable bonds is 6. The van der Waals surface area contributed by atoms with Crippen molar-refractivity contribution in [2.75, 3.05) is 6.54 Å². The predicted molar refractivity (Wildman–Crippen MR) is 67.1 cm³/mol. The first-order chi connectivity index (χ1) is 7.60. The molecule has 0 aromatic heterocycles. The van der Waals surface area contributed by atoms with Crippen LogP contribution in [0, 0.1) is 5.41 Å². The molecule has 94 valence electrons. The monoisotopic (exact) mass is 226 g/mol. The molecule has 1 unspecified atom stereocenters. The maximum absolute atomic E-state index is 12.1. The van der Waals surface area contributed by atoms with Crippen LogP contribution in [-0.4, -0.2) is 18.5 Å². The van der Waals surface area contributed by atoms with Gasteiger partial charge in [-0.2, -0.15) is 0 Å². The second kappa shape index (κ2) is 6.24. The van der Waals surface area contributed by atoms with E-state index in [-0.39, 0.29) is 17.4 Å². The van der Waals surface area contributed by atoms with Gasteiger partial charge in [0.25, 0.3) is 0 Å². The lowest BCUT2D eigenvalue weighted by Gasteiger charge is -2.26. The molecule has 0 saturated heterocycles. The summed E-state index contributed by atoms with van der Waals surface area (Å²) >= 11 is 0. The largest absolute Gasteiger partial charge is 0.356 e. The number of nitrogens with two attached hydrogens (primary N) is 1. The Hall–Kier alpha value is -0.570. The lowest BCUT2D eigenvalue weighted by molar-refractivity contribution is -0.131. The molecule has 0 heterocycles. The molecule has 3 heteroatoms. The summed E-state index contributed by atoms with van der Waals surface area (Å²) in [7, 11) is 0. The minimum atomic E-state index is -0.0473. The number of nitrogens with one attached hydrogen (secondary N) is 1. The first-order valence-corrected chi connectivity index (χ1v) is 6.64. The Morgan fingerprint density at radius 3 is 2.56 bits per heavy atom. The van der Waals surface area contributed by atoms with E-state index in [0.29, 0.717) is 0 Å². The van der Waals surface area contributed by atoms with Gasteiger partial charge in [-0.1, -0.05) is 19.8 Å². The van der Waals surface area contributed by atoms with Crippen molar-refractivity contribution in [2.24, 2.45) is 11.1 Å². The van der Waals surface area contributed by atoms with Gasteiger partial charge in [0.05, 0.1) is 0 Å². The van der Waals surface area contributed by atoms with Crippen molar-refractivity contribution in [3.8, 4) is 0 Å². The third kappa shape index (κ3) is 3.48. The van der Waals surface area contributed by atoms with Gasteiger partial charge in [-0.05, 0) is 39.0 Å². The molecule has 3 N–H and O–H groups in total. The zero-order chi connectivity index (χ0) is 12.0. The van der Waals surface area contributed by atoms with Gasteiger partial charge < -0.3 is 11.1 Å². The molecule has 0 aliphatic heterocycles. The number of carbonyl (C=O) groups is 1. The van der Waals surface area contributed by atoms with Crippen LogP contribution >= 0.6 is 0 Å². The van der Waals surface area contributed by atoms with Crippen molar-refractivity contribution < 1.29 is 4.79 Å². The first-order valence-electron chi connectivity index (χ1n) is 6.64. The quantitative estimate of drug-likeness (QED) is 0.682. The van der Waals surface area contributed by atoms with E-state index >= 15 is 0 Å². The van der Waals surface area contributed by atoms with E-state index in [1.54, 1.807) is 0 Å². The Morgan fingerprint density at radius 2 is 2.06 bits per heavy atom. The van der Waals surface area contributed by atoms with Crippen LogP contribution in [0.3, 0.4) is 0 Å². The minimum Gasteiger partial charge on any atom is -0.356 e. The summed E-state index contributed by atoms with van der Waals surface area (Å²) in [6.45, 7) is 4.92. The number of hydrogen-bond acceptors (Lipinski definition) is 2. The Bertz CT molecular complexity index is 220. The van der Waals surface area contributed by atoms with Gasteiger partial charge in [-0.3, -0.25) is 4.79 Å². The highest BCUT2D eigenvalue weighted by atomic mass is 16.2. The molecular formula is C13H26N2O. The summed E-state index contributed by atoms with van der Waals surface area (Å²) in [6.07, 6.45) is 7.52. The van der Waals surface area contributed by atoms with Crippen LogP contribution in [0.5, 0.6) is 0 Å². The molecule has 1 aliphatic carbocycles. The van der Waals surface area contributed by atoms with E-state index in [4.69, 9.17) is 5.73 Å². The average Bonchev–Trinajstić information content (AvgIpc) is 2.73. The smallest absolute Gasteiger partial charge is 0.226 e. The molecule has 1 aliphatic rings. The van der Waals surface area contributed by atoms with Crippen LogP contribution in [0.25, 0.3) is 0 Å². The number of carbonyl (C=O) groups excluding carboxylic acids is 1. The van der Waals surface area contributed by atoms with E-state index in [0.717, 1.165) is 38.6 Å². The van der Waals surface area contributed by atoms with Gasteiger partial charge in [-0.15, -0.1) is 0 Å². The van der Waals surface area contributed by atoms with Crippen molar-refractivity contribution in [1.82, 2.24) is 5.32 Å². The van der Waals surface area contributed by atoms with Gasteiger partial charge in [0.1, 0.15) is 0 Å². The van der Waals surface area contributed by atoms with Crippen LogP contribution < -0.4 is 11.1 Å².